The smallest absolute Gasteiger partial charge is 0.0886 e. The summed E-state index contributed by atoms with van der Waals surface area (Å²) < 4.78 is 0. The lowest BCUT2D eigenvalue weighted by atomic mass is 10.2. The van der Waals surface area contributed by atoms with Gasteiger partial charge in [0, 0.05) is 38.9 Å². The third-order valence-electron chi connectivity index (χ3n) is 3.00. The van der Waals surface area contributed by atoms with Gasteiger partial charge >= 0.3 is 0 Å². The van der Waals surface area contributed by atoms with Crippen molar-refractivity contribution in [3.05, 3.63) is 30.1 Å². The lowest BCUT2D eigenvalue weighted by Gasteiger charge is -2.33. The first-order valence-corrected chi connectivity index (χ1v) is 5.64. The Morgan fingerprint density at radius 1 is 1.27 bits per heavy atom. The summed E-state index contributed by atoms with van der Waals surface area (Å²) in [4.78, 5) is 9.00. The number of nitrogens with zero attached hydrogens (tertiary/aromatic N) is 3. The van der Waals surface area contributed by atoms with E-state index < -0.39 is 0 Å². The maximum Gasteiger partial charge on any atom is 0.0886 e. The minimum atomic E-state index is 1.03. The third-order valence-corrected chi connectivity index (χ3v) is 3.00. The Morgan fingerprint density at radius 2 is 2.00 bits per heavy atom. The SMILES string of the molecule is CCN1CCN(Cc2cc[c]nc2)CC1. The number of hydrogen-bond acceptors (Lipinski definition) is 3. The Labute approximate surface area is 91.7 Å². The molecule has 0 aromatic carbocycles. The number of hydrogen-bond donors (Lipinski definition) is 0. The zero-order valence-electron chi connectivity index (χ0n) is 9.32. The summed E-state index contributed by atoms with van der Waals surface area (Å²) in [5, 5.41) is 0. The second-order valence-corrected chi connectivity index (χ2v) is 4.01. The molecule has 1 aliphatic heterocycles. The van der Waals surface area contributed by atoms with Crippen LogP contribution in [0, 0.1) is 6.20 Å². The molecule has 1 radical (unpaired) electrons. The van der Waals surface area contributed by atoms with Gasteiger partial charge in [-0.15, -0.1) is 0 Å². The standard InChI is InChI=1S/C12H18N3/c1-2-14-6-8-15(9-7-14)11-12-4-3-5-13-10-12/h3-4,10H,2,6-9,11H2,1H3. The summed E-state index contributed by atoms with van der Waals surface area (Å²) >= 11 is 0. The second kappa shape index (κ2) is 5.24. The minimum absolute atomic E-state index is 1.03. The van der Waals surface area contributed by atoms with E-state index in [1.807, 2.05) is 12.3 Å². The third kappa shape index (κ3) is 3.01. The molecule has 1 aromatic heterocycles. The fourth-order valence-corrected chi connectivity index (χ4v) is 1.97. The maximum absolute atomic E-state index is 4.02. The molecule has 0 spiro atoms. The molecule has 81 valence electrons. The number of aromatic nitrogens is 1. The van der Waals surface area contributed by atoms with Crippen LogP contribution in [-0.4, -0.2) is 47.5 Å². The van der Waals surface area contributed by atoms with Crippen LogP contribution < -0.4 is 0 Å². The van der Waals surface area contributed by atoms with Gasteiger partial charge in [-0.05, 0) is 18.2 Å². The molecule has 0 amide bonds. The molecule has 1 aliphatic rings. The summed E-state index contributed by atoms with van der Waals surface area (Å²) in [6.45, 7) is 9.17. The Balaban J connectivity index is 1.82. The average molecular weight is 204 g/mol. The molecule has 3 nitrogen and oxygen atoms in total. The van der Waals surface area contributed by atoms with Gasteiger partial charge in [-0.2, -0.15) is 0 Å². The molecule has 15 heavy (non-hydrogen) atoms. The molecule has 2 rings (SSSR count). The molecular formula is C12H18N3. The normalized spacial score (nSPS) is 19.3. The monoisotopic (exact) mass is 204 g/mol. The van der Waals surface area contributed by atoms with Gasteiger partial charge in [0.25, 0.3) is 0 Å². The van der Waals surface area contributed by atoms with Crippen molar-refractivity contribution < 1.29 is 0 Å². The Bertz CT molecular complexity index is 278. The van der Waals surface area contributed by atoms with E-state index in [1.54, 1.807) is 0 Å². The van der Waals surface area contributed by atoms with E-state index in [0.717, 1.165) is 6.54 Å². The molecule has 0 aliphatic carbocycles. The van der Waals surface area contributed by atoms with Crippen LogP contribution in [0.5, 0.6) is 0 Å². The van der Waals surface area contributed by atoms with Crippen LogP contribution in [0.3, 0.4) is 0 Å². The first-order chi connectivity index (χ1) is 7.38. The van der Waals surface area contributed by atoms with E-state index in [0.29, 0.717) is 0 Å². The highest BCUT2D eigenvalue weighted by Crippen LogP contribution is 2.06. The zero-order valence-corrected chi connectivity index (χ0v) is 9.32. The van der Waals surface area contributed by atoms with Gasteiger partial charge < -0.3 is 4.90 Å². The molecule has 0 atom stereocenters. The highest BCUT2D eigenvalue weighted by Gasteiger charge is 2.15. The second-order valence-electron chi connectivity index (χ2n) is 4.01. The van der Waals surface area contributed by atoms with Crippen LogP contribution in [0.25, 0.3) is 0 Å². The highest BCUT2D eigenvalue weighted by atomic mass is 15.3. The maximum atomic E-state index is 4.02. The van der Waals surface area contributed by atoms with Crippen LogP contribution in [0.15, 0.2) is 18.3 Å². The van der Waals surface area contributed by atoms with Gasteiger partial charge in [-0.1, -0.05) is 13.0 Å². The largest absolute Gasteiger partial charge is 0.301 e. The van der Waals surface area contributed by atoms with E-state index in [9.17, 15) is 0 Å². The minimum Gasteiger partial charge on any atom is -0.301 e. The van der Waals surface area contributed by atoms with E-state index in [1.165, 1.54) is 38.3 Å². The summed E-state index contributed by atoms with van der Waals surface area (Å²) in [5.74, 6) is 0. The number of pyridine rings is 1. The molecule has 2 heterocycles. The van der Waals surface area contributed by atoms with Crippen molar-refractivity contribution >= 4 is 0 Å². The van der Waals surface area contributed by atoms with Crippen LogP contribution in [0.2, 0.25) is 0 Å². The van der Waals surface area contributed by atoms with E-state index in [4.69, 9.17) is 0 Å². The van der Waals surface area contributed by atoms with E-state index in [2.05, 4.69) is 34.0 Å². The summed E-state index contributed by atoms with van der Waals surface area (Å²) in [6, 6.07) is 3.98. The molecular weight excluding hydrogens is 186 g/mol. The first kappa shape index (κ1) is 10.6. The lowest BCUT2D eigenvalue weighted by molar-refractivity contribution is 0.132. The van der Waals surface area contributed by atoms with Crippen molar-refractivity contribution in [2.75, 3.05) is 32.7 Å². The van der Waals surface area contributed by atoms with Gasteiger partial charge in [0.15, 0.2) is 0 Å². The number of likely N-dealkylation sites (N-methyl/N-ethyl adjacent to an activating group) is 1. The molecule has 1 aromatic rings. The zero-order chi connectivity index (χ0) is 10.5. The van der Waals surface area contributed by atoms with Gasteiger partial charge in [0.05, 0.1) is 6.20 Å². The fraction of sp³-hybridized carbons (Fsp3) is 0.583. The lowest BCUT2D eigenvalue weighted by Crippen LogP contribution is -2.45. The summed E-state index contributed by atoms with van der Waals surface area (Å²) in [5.41, 5.74) is 1.29. The number of rotatable bonds is 3. The van der Waals surface area contributed by atoms with Gasteiger partial charge in [0.2, 0.25) is 0 Å². The summed E-state index contributed by atoms with van der Waals surface area (Å²) in [6.07, 6.45) is 4.72. The molecule has 3 heteroatoms. The van der Waals surface area contributed by atoms with E-state index in [-0.39, 0.29) is 0 Å². The van der Waals surface area contributed by atoms with Crippen LogP contribution >= 0.6 is 0 Å². The number of piperazine rings is 1. The Hall–Kier alpha value is -0.930. The van der Waals surface area contributed by atoms with Gasteiger partial charge in [0.1, 0.15) is 0 Å². The average Bonchev–Trinajstić information content (AvgIpc) is 2.31. The van der Waals surface area contributed by atoms with Crippen molar-refractivity contribution in [2.45, 2.75) is 13.5 Å². The summed E-state index contributed by atoms with van der Waals surface area (Å²) in [7, 11) is 0. The quantitative estimate of drug-likeness (QED) is 0.733. The molecule has 0 N–H and O–H groups in total. The van der Waals surface area contributed by atoms with Crippen LogP contribution in [-0.2, 0) is 6.54 Å². The van der Waals surface area contributed by atoms with Crippen molar-refractivity contribution in [3.63, 3.8) is 0 Å². The Morgan fingerprint density at radius 3 is 2.60 bits per heavy atom. The Kier molecular flexibility index (Phi) is 3.69. The van der Waals surface area contributed by atoms with Crippen LogP contribution in [0.4, 0.5) is 0 Å². The predicted octanol–water partition coefficient (Wildman–Crippen LogP) is 1.02. The van der Waals surface area contributed by atoms with Crippen LogP contribution in [0.1, 0.15) is 12.5 Å². The van der Waals surface area contributed by atoms with Crippen molar-refractivity contribution in [1.29, 1.82) is 0 Å². The molecule has 1 fully saturated rings. The predicted molar refractivity (Wildman–Crippen MR) is 60.5 cm³/mol. The van der Waals surface area contributed by atoms with Gasteiger partial charge in [-0.25, -0.2) is 0 Å². The van der Waals surface area contributed by atoms with Crippen molar-refractivity contribution in [3.8, 4) is 0 Å². The van der Waals surface area contributed by atoms with E-state index >= 15 is 0 Å². The topological polar surface area (TPSA) is 19.4 Å². The highest BCUT2D eigenvalue weighted by molar-refractivity contribution is 5.07. The van der Waals surface area contributed by atoms with Crippen molar-refractivity contribution in [1.82, 2.24) is 14.8 Å². The molecule has 0 saturated carbocycles. The first-order valence-electron chi connectivity index (χ1n) is 5.64. The molecule has 0 unspecified atom stereocenters. The molecule has 1 saturated heterocycles. The van der Waals surface area contributed by atoms with Gasteiger partial charge in [-0.3, -0.25) is 9.88 Å². The fourth-order valence-electron chi connectivity index (χ4n) is 1.97. The van der Waals surface area contributed by atoms with Crippen molar-refractivity contribution in [2.24, 2.45) is 0 Å². The molecule has 0 bridgehead atoms.